The van der Waals surface area contributed by atoms with Crippen LogP contribution >= 0.6 is 34.4 Å². The highest BCUT2D eigenvalue weighted by molar-refractivity contribution is 7.99. The summed E-state index contributed by atoms with van der Waals surface area (Å²) in [6.07, 6.45) is 0. The molecule has 3 heterocycles. The molecule has 0 unspecified atom stereocenters. The maximum Gasteiger partial charge on any atom is 0.233 e. The van der Waals surface area contributed by atoms with Crippen molar-refractivity contribution in [1.82, 2.24) is 14.9 Å². The molecule has 0 aromatic carbocycles. The predicted molar refractivity (Wildman–Crippen MR) is 104 cm³/mol. The first-order valence-electron chi connectivity index (χ1n) is 7.81. The molecule has 0 radical (unpaired) electrons. The van der Waals surface area contributed by atoms with Crippen molar-refractivity contribution in [3.63, 3.8) is 0 Å². The van der Waals surface area contributed by atoms with Crippen molar-refractivity contribution in [2.24, 2.45) is 0 Å². The summed E-state index contributed by atoms with van der Waals surface area (Å²) < 4.78 is 0. The third-order valence-electron chi connectivity index (χ3n) is 3.65. The van der Waals surface area contributed by atoms with Crippen LogP contribution in [0.2, 0.25) is 0 Å². The summed E-state index contributed by atoms with van der Waals surface area (Å²) in [5, 5.41) is 4.91. The van der Waals surface area contributed by atoms with Crippen LogP contribution in [0.1, 0.15) is 13.8 Å². The van der Waals surface area contributed by atoms with Gasteiger partial charge in [-0.15, -0.1) is 22.7 Å². The SMILES string of the molecule is CCN(CC)C(=O)CSc1nc(-c2cccs2)c(-c2cccs2)[nH]1. The lowest BCUT2D eigenvalue weighted by Gasteiger charge is -2.17. The topological polar surface area (TPSA) is 49.0 Å². The molecule has 3 aromatic heterocycles. The number of aromatic nitrogens is 2. The molecule has 0 fully saturated rings. The molecule has 0 spiro atoms. The van der Waals surface area contributed by atoms with Gasteiger partial charge in [0.25, 0.3) is 0 Å². The minimum Gasteiger partial charge on any atom is -0.343 e. The lowest BCUT2D eigenvalue weighted by molar-refractivity contribution is -0.127. The van der Waals surface area contributed by atoms with E-state index in [4.69, 9.17) is 4.98 Å². The Bertz CT molecular complexity index is 722. The highest BCUT2D eigenvalue weighted by Gasteiger charge is 2.17. The van der Waals surface area contributed by atoms with Crippen molar-refractivity contribution in [2.45, 2.75) is 19.0 Å². The molecule has 126 valence electrons. The lowest BCUT2D eigenvalue weighted by atomic mass is 10.2. The van der Waals surface area contributed by atoms with Crippen LogP contribution in [0, 0.1) is 0 Å². The normalized spacial score (nSPS) is 10.9. The molecule has 0 saturated heterocycles. The molecule has 1 N–H and O–H groups in total. The van der Waals surface area contributed by atoms with Crippen LogP contribution in [0.25, 0.3) is 21.1 Å². The minimum absolute atomic E-state index is 0.150. The molecule has 0 aliphatic carbocycles. The molecule has 3 aromatic rings. The largest absolute Gasteiger partial charge is 0.343 e. The summed E-state index contributed by atoms with van der Waals surface area (Å²) in [6.45, 7) is 5.50. The molecule has 0 aliphatic rings. The van der Waals surface area contributed by atoms with Crippen LogP contribution in [0.5, 0.6) is 0 Å². The Morgan fingerprint density at radius 2 is 1.83 bits per heavy atom. The van der Waals surface area contributed by atoms with Crippen molar-refractivity contribution >= 4 is 40.3 Å². The minimum atomic E-state index is 0.150. The number of carbonyl (C=O) groups excluding carboxylic acids is 1. The van der Waals surface area contributed by atoms with Crippen molar-refractivity contribution in [1.29, 1.82) is 0 Å². The van der Waals surface area contributed by atoms with Gasteiger partial charge >= 0.3 is 0 Å². The molecule has 0 aliphatic heterocycles. The molecule has 0 atom stereocenters. The fourth-order valence-corrected chi connectivity index (χ4v) is 4.63. The van der Waals surface area contributed by atoms with Gasteiger partial charge in [-0.2, -0.15) is 0 Å². The standard InChI is InChI=1S/C17H19N3OS3/c1-3-20(4-2)14(21)11-24-17-18-15(12-7-5-9-22-12)16(19-17)13-8-6-10-23-13/h5-10H,3-4,11H2,1-2H3,(H,18,19). The number of amides is 1. The first-order chi connectivity index (χ1) is 11.7. The second-order valence-corrected chi connectivity index (χ2v) is 7.93. The number of hydrogen-bond donors (Lipinski definition) is 1. The maximum absolute atomic E-state index is 12.2. The molecule has 24 heavy (non-hydrogen) atoms. The number of H-pyrrole nitrogens is 1. The van der Waals surface area contributed by atoms with Gasteiger partial charge in [0.1, 0.15) is 5.69 Å². The van der Waals surface area contributed by atoms with E-state index in [9.17, 15) is 4.79 Å². The van der Waals surface area contributed by atoms with E-state index in [0.717, 1.165) is 39.4 Å². The van der Waals surface area contributed by atoms with Crippen molar-refractivity contribution in [3.8, 4) is 21.1 Å². The fourth-order valence-electron chi connectivity index (χ4n) is 2.41. The second kappa shape index (κ2) is 8.00. The molecular weight excluding hydrogens is 358 g/mol. The Labute approximate surface area is 153 Å². The van der Waals surface area contributed by atoms with Crippen LogP contribution in [0.15, 0.2) is 40.2 Å². The van der Waals surface area contributed by atoms with E-state index in [1.165, 1.54) is 11.8 Å². The zero-order valence-corrected chi connectivity index (χ0v) is 16.1. The maximum atomic E-state index is 12.2. The van der Waals surface area contributed by atoms with Crippen LogP contribution in [-0.2, 0) is 4.79 Å². The molecular formula is C17H19N3OS3. The molecule has 0 bridgehead atoms. The summed E-state index contributed by atoms with van der Waals surface area (Å²) in [5.41, 5.74) is 2.00. The van der Waals surface area contributed by atoms with Gasteiger partial charge in [-0.25, -0.2) is 4.98 Å². The Hall–Kier alpha value is -1.57. The van der Waals surface area contributed by atoms with Gasteiger partial charge in [-0.3, -0.25) is 4.79 Å². The van der Waals surface area contributed by atoms with E-state index >= 15 is 0 Å². The molecule has 3 rings (SSSR count). The number of nitrogens with one attached hydrogen (secondary N) is 1. The van der Waals surface area contributed by atoms with E-state index in [0.29, 0.717) is 5.75 Å². The van der Waals surface area contributed by atoms with Crippen LogP contribution in [-0.4, -0.2) is 39.6 Å². The van der Waals surface area contributed by atoms with Gasteiger partial charge in [-0.1, -0.05) is 23.9 Å². The molecule has 0 saturated carbocycles. The van der Waals surface area contributed by atoms with E-state index in [-0.39, 0.29) is 5.91 Å². The number of rotatable bonds is 7. The number of thioether (sulfide) groups is 1. The molecule has 1 amide bonds. The van der Waals surface area contributed by atoms with Gasteiger partial charge in [0, 0.05) is 13.1 Å². The van der Waals surface area contributed by atoms with Gasteiger partial charge in [0.15, 0.2) is 5.16 Å². The second-order valence-electron chi connectivity index (χ2n) is 5.07. The number of nitrogens with zero attached hydrogens (tertiary/aromatic N) is 2. The van der Waals surface area contributed by atoms with Gasteiger partial charge in [0.05, 0.1) is 21.2 Å². The highest BCUT2D eigenvalue weighted by Crippen LogP contribution is 2.36. The fraction of sp³-hybridized carbons (Fsp3) is 0.294. The molecule has 4 nitrogen and oxygen atoms in total. The summed E-state index contributed by atoms with van der Waals surface area (Å²) in [7, 11) is 0. The summed E-state index contributed by atoms with van der Waals surface area (Å²) >= 11 is 4.83. The number of aromatic amines is 1. The first kappa shape index (κ1) is 17.3. The average molecular weight is 378 g/mol. The number of imidazole rings is 1. The van der Waals surface area contributed by atoms with Crippen LogP contribution in [0.3, 0.4) is 0 Å². The zero-order chi connectivity index (χ0) is 16.9. The quantitative estimate of drug-likeness (QED) is 0.600. The van der Waals surface area contributed by atoms with Gasteiger partial charge < -0.3 is 9.88 Å². The number of carbonyl (C=O) groups is 1. The summed E-state index contributed by atoms with van der Waals surface area (Å²) in [5.74, 6) is 0.555. The van der Waals surface area contributed by atoms with Crippen molar-refractivity contribution in [3.05, 3.63) is 35.0 Å². The van der Waals surface area contributed by atoms with Crippen LogP contribution in [0.4, 0.5) is 0 Å². The highest BCUT2D eigenvalue weighted by atomic mass is 32.2. The first-order valence-corrected chi connectivity index (χ1v) is 10.6. The third-order valence-corrected chi connectivity index (χ3v) is 6.27. The lowest BCUT2D eigenvalue weighted by Crippen LogP contribution is -2.31. The monoisotopic (exact) mass is 377 g/mol. The number of hydrogen-bond acceptors (Lipinski definition) is 5. The Balaban J connectivity index is 1.83. The van der Waals surface area contributed by atoms with E-state index in [2.05, 4.69) is 27.9 Å². The van der Waals surface area contributed by atoms with E-state index in [1.54, 1.807) is 22.7 Å². The van der Waals surface area contributed by atoms with E-state index < -0.39 is 0 Å². The Morgan fingerprint density at radius 1 is 1.17 bits per heavy atom. The van der Waals surface area contributed by atoms with Crippen molar-refractivity contribution < 1.29 is 4.79 Å². The smallest absolute Gasteiger partial charge is 0.233 e. The third kappa shape index (κ3) is 3.74. The summed E-state index contributed by atoms with van der Waals surface area (Å²) in [6, 6.07) is 8.23. The Kier molecular flexibility index (Phi) is 5.76. The van der Waals surface area contributed by atoms with Gasteiger partial charge in [0.2, 0.25) is 5.91 Å². The van der Waals surface area contributed by atoms with E-state index in [1.807, 2.05) is 30.9 Å². The van der Waals surface area contributed by atoms with Crippen LogP contribution < -0.4 is 0 Å². The predicted octanol–water partition coefficient (Wildman–Crippen LogP) is 4.83. The summed E-state index contributed by atoms with van der Waals surface area (Å²) in [4.78, 5) is 24.5. The van der Waals surface area contributed by atoms with Gasteiger partial charge in [-0.05, 0) is 36.7 Å². The Morgan fingerprint density at radius 3 is 2.42 bits per heavy atom. The average Bonchev–Trinajstić information content (AvgIpc) is 3.33. The molecule has 7 heteroatoms. The number of thiophene rings is 2. The zero-order valence-electron chi connectivity index (χ0n) is 13.6. The van der Waals surface area contributed by atoms with Crippen molar-refractivity contribution in [2.75, 3.05) is 18.8 Å².